The van der Waals surface area contributed by atoms with Crippen LogP contribution in [0.4, 0.5) is 0 Å². The molecule has 5 nitrogen and oxygen atoms in total. The van der Waals surface area contributed by atoms with E-state index in [4.69, 9.17) is 19.4 Å². The molecule has 8 aromatic carbocycles. The third kappa shape index (κ3) is 5.37. The van der Waals surface area contributed by atoms with Gasteiger partial charge in [0.2, 0.25) is 0 Å². The van der Waals surface area contributed by atoms with E-state index in [1.54, 1.807) is 0 Å². The molecule has 0 atom stereocenters. The second-order valence-corrected chi connectivity index (χ2v) is 14.0. The van der Waals surface area contributed by atoms with Crippen LogP contribution in [0.5, 0.6) is 0 Å². The molecule has 0 saturated carbocycles. The van der Waals surface area contributed by atoms with Gasteiger partial charge in [-0.3, -0.25) is 0 Å². The maximum absolute atomic E-state index is 6.67. The molecule has 0 aliphatic rings. The number of para-hydroxylation sites is 2. The van der Waals surface area contributed by atoms with E-state index >= 15 is 0 Å². The number of benzene rings is 8. The van der Waals surface area contributed by atoms with Gasteiger partial charge in [0, 0.05) is 50.0 Å². The molecule has 262 valence electrons. The van der Waals surface area contributed by atoms with E-state index < -0.39 is 0 Å². The van der Waals surface area contributed by atoms with Gasteiger partial charge in [-0.25, -0.2) is 15.0 Å². The van der Waals surface area contributed by atoms with Crippen LogP contribution < -0.4 is 0 Å². The molecule has 0 aliphatic heterocycles. The lowest BCUT2D eigenvalue weighted by Crippen LogP contribution is -2.00. The minimum Gasteiger partial charge on any atom is -0.456 e. The van der Waals surface area contributed by atoms with Crippen molar-refractivity contribution in [3.05, 3.63) is 194 Å². The Morgan fingerprint density at radius 2 is 0.857 bits per heavy atom. The first-order valence-corrected chi connectivity index (χ1v) is 18.8. The van der Waals surface area contributed by atoms with Gasteiger partial charge in [0.15, 0.2) is 17.5 Å². The van der Waals surface area contributed by atoms with Gasteiger partial charge in [0.1, 0.15) is 11.2 Å². The van der Waals surface area contributed by atoms with Crippen molar-refractivity contribution in [2.24, 2.45) is 0 Å². The van der Waals surface area contributed by atoms with Crippen molar-refractivity contribution in [3.8, 4) is 62.1 Å². The average Bonchev–Trinajstić information content (AvgIpc) is 3.81. The summed E-state index contributed by atoms with van der Waals surface area (Å²) in [4.78, 5) is 15.5. The molecule has 0 amide bonds. The fourth-order valence-corrected chi connectivity index (χ4v) is 7.97. The molecule has 0 radical (unpaired) electrons. The number of fused-ring (bicyclic) bond motifs is 6. The summed E-state index contributed by atoms with van der Waals surface area (Å²) in [6, 6.07) is 67.3. The summed E-state index contributed by atoms with van der Waals surface area (Å²) in [5.41, 5.74) is 12.2. The van der Waals surface area contributed by atoms with Crippen LogP contribution in [0.2, 0.25) is 0 Å². The highest BCUT2D eigenvalue weighted by atomic mass is 16.3. The molecule has 11 aromatic rings. The zero-order valence-electron chi connectivity index (χ0n) is 30.2. The molecule has 0 fully saturated rings. The largest absolute Gasteiger partial charge is 0.456 e. The van der Waals surface area contributed by atoms with Crippen molar-refractivity contribution < 1.29 is 4.42 Å². The Bertz CT molecular complexity index is 3100. The Morgan fingerprint density at radius 3 is 1.48 bits per heavy atom. The molecule has 0 spiro atoms. The van der Waals surface area contributed by atoms with Crippen LogP contribution in [0.15, 0.2) is 199 Å². The fraction of sp³-hybridized carbons (Fsp3) is 0. The van der Waals surface area contributed by atoms with Gasteiger partial charge in [0.05, 0.1) is 11.0 Å². The second kappa shape index (κ2) is 13.0. The van der Waals surface area contributed by atoms with Gasteiger partial charge in [-0.1, -0.05) is 158 Å². The standard InChI is InChI=1S/C51H32N4O/c1-4-13-33(14-5-1)35-23-27-37(28-24-35)49-52-50(38-29-25-36(26-30-38)34-15-6-2-7-16-34)54-51(53-49)41-20-12-22-46-48(41)43-31-42-40-19-10-11-21-44(40)55(39-17-8-3-9-18-39)45(42)32-47(43)56-46/h1-32H. The molecule has 0 aliphatic carbocycles. The van der Waals surface area contributed by atoms with Gasteiger partial charge in [-0.05, 0) is 52.6 Å². The van der Waals surface area contributed by atoms with Gasteiger partial charge in [-0.15, -0.1) is 0 Å². The predicted molar refractivity (Wildman–Crippen MR) is 229 cm³/mol. The topological polar surface area (TPSA) is 56.7 Å². The quantitative estimate of drug-likeness (QED) is 0.172. The minimum absolute atomic E-state index is 0.587. The van der Waals surface area contributed by atoms with E-state index in [2.05, 4.69) is 168 Å². The van der Waals surface area contributed by atoms with Crippen molar-refractivity contribution in [3.63, 3.8) is 0 Å². The number of hydrogen-bond acceptors (Lipinski definition) is 4. The first-order chi connectivity index (χ1) is 27.7. The number of furan rings is 1. The summed E-state index contributed by atoms with van der Waals surface area (Å²) < 4.78 is 8.98. The van der Waals surface area contributed by atoms with Crippen molar-refractivity contribution in [2.75, 3.05) is 0 Å². The zero-order chi connectivity index (χ0) is 37.0. The minimum atomic E-state index is 0.587. The molecular weight excluding hydrogens is 685 g/mol. The van der Waals surface area contributed by atoms with Crippen molar-refractivity contribution >= 4 is 43.7 Å². The monoisotopic (exact) mass is 716 g/mol. The fourth-order valence-electron chi connectivity index (χ4n) is 7.97. The Labute approximate surface area is 322 Å². The number of hydrogen-bond donors (Lipinski definition) is 0. The summed E-state index contributed by atoms with van der Waals surface area (Å²) in [6.45, 7) is 0. The van der Waals surface area contributed by atoms with Crippen LogP contribution in [0.3, 0.4) is 0 Å². The average molecular weight is 717 g/mol. The summed E-state index contributed by atoms with van der Waals surface area (Å²) in [5.74, 6) is 1.80. The summed E-state index contributed by atoms with van der Waals surface area (Å²) in [6.07, 6.45) is 0. The molecule has 0 N–H and O–H groups in total. The normalized spacial score (nSPS) is 11.6. The van der Waals surface area contributed by atoms with E-state index in [9.17, 15) is 0 Å². The highest BCUT2D eigenvalue weighted by Gasteiger charge is 2.21. The molecule has 0 bridgehead atoms. The van der Waals surface area contributed by atoms with Crippen LogP contribution in [0.1, 0.15) is 0 Å². The number of rotatable bonds is 6. The Hall–Kier alpha value is -7.63. The van der Waals surface area contributed by atoms with E-state index in [0.717, 1.165) is 83.0 Å². The molecule has 3 aromatic heterocycles. The van der Waals surface area contributed by atoms with Crippen molar-refractivity contribution in [1.29, 1.82) is 0 Å². The molecule has 56 heavy (non-hydrogen) atoms. The SMILES string of the molecule is c1ccc(-c2ccc(-c3nc(-c4ccc(-c5ccccc5)cc4)nc(-c4cccc5oc6cc7c(cc6c45)c4ccccc4n7-c4ccccc4)n3)cc2)cc1. The molecule has 0 saturated heterocycles. The molecule has 5 heteroatoms. The van der Waals surface area contributed by atoms with Crippen LogP contribution >= 0.6 is 0 Å². The predicted octanol–water partition coefficient (Wildman–Crippen LogP) is 13.2. The lowest BCUT2D eigenvalue weighted by molar-refractivity contribution is 0.669. The molecule has 3 heterocycles. The van der Waals surface area contributed by atoms with Crippen molar-refractivity contribution in [1.82, 2.24) is 19.5 Å². The third-order valence-corrected chi connectivity index (χ3v) is 10.7. The van der Waals surface area contributed by atoms with Gasteiger partial charge in [-0.2, -0.15) is 0 Å². The first kappa shape index (κ1) is 31.9. The van der Waals surface area contributed by atoms with E-state index in [1.165, 1.54) is 5.39 Å². The highest BCUT2D eigenvalue weighted by Crippen LogP contribution is 2.41. The molecular formula is C51H32N4O. The second-order valence-electron chi connectivity index (χ2n) is 14.0. The van der Waals surface area contributed by atoms with Gasteiger partial charge in [0.25, 0.3) is 0 Å². The highest BCUT2D eigenvalue weighted by molar-refractivity contribution is 6.19. The van der Waals surface area contributed by atoms with E-state index in [1.807, 2.05) is 30.3 Å². The molecule has 0 unspecified atom stereocenters. The Kier molecular flexibility index (Phi) is 7.42. The van der Waals surface area contributed by atoms with Gasteiger partial charge >= 0.3 is 0 Å². The lowest BCUT2D eigenvalue weighted by atomic mass is 10.0. The zero-order valence-corrected chi connectivity index (χ0v) is 30.2. The smallest absolute Gasteiger partial charge is 0.164 e. The summed E-state index contributed by atoms with van der Waals surface area (Å²) >= 11 is 0. The van der Waals surface area contributed by atoms with Gasteiger partial charge < -0.3 is 8.98 Å². The maximum Gasteiger partial charge on any atom is 0.164 e. The summed E-state index contributed by atoms with van der Waals surface area (Å²) in [7, 11) is 0. The van der Waals surface area contributed by atoms with Crippen molar-refractivity contribution in [2.45, 2.75) is 0 Å². The summed E-state index contributed by atoms with van der Waals surface area (Å²) in [5, 5.41) is 4.33. The van der Waals surface area contributed by atoms with E-state index in [-0.39, 0.29) is 0 Å². The van der Waals surface area contributed by atoms with Crippen LogP contribution in [0, 0.1) is 0 Å². The Balaban J connectivity index is 1.11. The Morgan fingerprint density at radius 1 is 0.339 bits per heavy atom. The van der Waals surface area contributed by atoms with E-state index in [0.29, 0.717) is 17.5 Å². The lowest BCUT2D eigenvalue weighted by Gasteiger charge is -2.10. The number of aromatic nitrogens is 4. The van der Waals surface area contributed by atoms with Crippen LogP contribution in [-0.4, -0.2) is 19.5 Å². The maximum atomic E-state index is 6.67. The third-order valence-electron chi connectivity index (χ3n) is 10.7. The number of nitrogens with zero attached hydrogens (tertiary/aromatic N) is 4. The first-order valence-electron chi connectivity index (χ1n) is 18.8. The molecule has 11 rings (SSSR count). The van der Waals surface area contributed by atoms with Crippen LogP contribution in [-0.2, 0) is 0 Å². The van der Waals surface area contributed by atoms with Crippen LogP contribution in [0.25, 0.3) is 106 Å².